The molecule has 1 aromatic rings. The summed E-state index contributed by atoms with van der Waals surface area (Å²) in [6, 6.07) is 5.65. The van der Waals surface area contributed by atoms with Gasteiger partial charge in [0.25, 0.3) is 5.91 Å². The highest BCUT2D eigenvalue weighted by Crippen LogP contribution is 2.32. The van der Waals surface area contributed by atoms with Gasteiger partial charge in [0.1, 0.15) is 0 Å². The van der Waals surface area contributed by atoms with Gasteiger partial charge < -0.3 is 20.1 Å². The van der Waals surface area contributed by atoms with Crippen molar-refractivity contribution in [2.75, 3.05) is 19.9 Å². The molecule has 5 nitrogen and oxygen atoms in total. The minimum absolute atomic E-state index is 0.0676. The Hall–Kier alpha value is -1.75. The maximum atomic E-state index is 12.0. The summed E-state index contributed by atoms with van der Waals surface area (Å²) >= 11 is 0. The fraction of sp³-hybridized carbons (Fsp3) is 0.462. The molecule has 2 N–H and O–H groups in total. The molecule has 2 heterocycles. The van der Waals surface area contributed by atoms with Gasteiger partial charge in [0.15, 0.2) is 11.5 Å². The molecule has 0 spiro atoms. The second-order valence-corrected chi connectivity index (χ2v) is 4.57. The highest BCUT2D eigenvalue weighted by Gasteiger charge is 2.18. The molecule has 0 bridgehead atoms. The van der Waals surface area contributed by atoms with Crippen molar-refractivity contribution >= 4 is 5.91 Å². The van der Waals surface area contributed by atoms with Gasteiger partial charge in [0.2, 0.25) is 6.79 Å². The first-order valence-corrected chi connectivity index (χ1v) is 6.24. The molecule has 0 aliphatic carbocycles. The van der Waals surface area contributed by atoms with Gasteiger partial charge in [0.05, 0.1) is 0 Å². The van der Waals surface area contributed by atoms with Gasteiger partial charge in [0, 0.05) is 18.2 Å². The molecular weight excluding hydrogens is 232 g/mol. The second kappa shape index (κ2) is 4.86. The monoisotopic (exact) mass is 248 g/mol. The highest BCUT2D eigenvalue weighted by molar-refractivity contribution is 5.94. The molecule has 0 radical (unpaired) electrons. The van der Waals surface area contributed by atoms with Gasteiger partial charge in [-0.3, -0.25) is 4.79 Å². The molecule has 3 rings (SSSR count). The average Bonchev–Trinajstić information content (AvgIpc) is 3.05. The van der Waals surface area contributed by atoms with Crippen molar-refractivity contribution in [3.63, 3.8) is 0 Å². The van der Waals surface area contributed by atoms with Crippen LogP contribution >= 0.6 is 0 Å². The van der Waals surface area contributed by atoms with Crippen molar-refractivity contribution in [1.82, 2.24) is 10.6 Å². The second-order valence-electron chi connectivity index (χ2n) is 4.57. The summed E-state index contributed by atoms with van der Waals surface area (Å²) in [6.45, 7) is 1.95. The van der Waals surface area contributed by atoms with Crippen LogP contribution in [0.15, 0.2) is 18.2 Å². The zero-order chi connectivity index (χ0) is 12.4. The Morgan fingerprint density at radius 3 is 3.11 bits per heavy atom. The molecule has 0 saturated carbocycles. The number of ether oxygens (including phenoxy) is 2. The summed E-state index contributed by atoms with van der Waals surface area (Å²) in [5.74, 6) is 1.27. The van der Waals surface area contributed by atoms with E-state index in [0.29, 0.717) is 29.6 Å². The first-order chi connectivity index (χ1) is 8.83. The lowest BCUT2D eigenvalue weighted by Crippen LogP contribution is -2.37. The van der Waals surface area contributed by atoms with Crippen LogP contribution in [0.25, 0.3) is 0 Å². The van der Waals surface area contributed by atoms with E-state index < -0.39 is 0 Å². The van der Waals surface area contributed by atoms with Crippen molar-refractivity contribution < 1.29 is 14.3 Å². The molecular formula is C13H16N2O3. The van der Waals surface area contributed by atoms with Crippen LogP contribution in [-0.4, -0.2) is 31.8 Å². The van der Waals surface area contributed by atoms with E-state index in [1.807, 2.05) is 0 Å². The van der Waals surface area contributed by atoms with E-state index in [1.54, 1.807) is 18.2 Å². The smallest absolute Gasteiger partial charge is 0.251 e. The van der Waals surface area contributed by atoms with Crippen LogP contribution in [0.5, 0.6) is 11.5 Å². The zero-order valence-electron chi connectivity index (χ0n) is 10.1. The summed E-state index contributed by atoms with van der Waals surface area (Å²) in [4.78, 5) is 12.0. The number of carbonyl (C=O) groups excluding carboxylic acids is 1. The van der Waals surface area contributed by atoms with Crippen LogP contribution in [0.2, 0.25) is 0 Å². The highest BCUT2D eigenvalue weighted by atomic mass is 16.7. The van der Waals surface area contributed by atoms with Gasteiger partial charge in [-0.2, -0.15) is 0 Å². The zero-order valence-corrected chi connectivity index (χ0v) is 10.1. The van der Waals surface area contributed by atoms with E-state index in [-0.39, 0.29) is 12.7 Å². The Bertz CT molecular complexity index is 456. The standard InChI is InChI=1S/C13H16N2O3/c16-13(15-7-10-2-1-5-14-10)9-3-4-11-12(6-9)18-8-17-11/h3-4,6,10,14H,1-2,5,7-8H2,(H,15,16). The molecule has 18 heavy (non-hydrogen) atoms. The Morgan fingerprint density at radius 2 is 2.28 bits per heavy atom. The molecule has 1 amide bonds. The normalized spacial score (nSPS) is 21.0. The third-order valence-corrected chi connectivity index (χ3v) is 3.31. The fourth-order valence-corrected chi connectivity index (χ4v) is 2.29. The lowest BCUT2D eigenvalue weighted by atomic mass is 10.1. The molecule has 1 saturated heterocycles. The fourth-order valence-electron chi connectivity index (χ4n) is 2.29. The lowest BCUT2D eigenvalue weighted by Gasteiger charge is -2.11. The number of hydrogen-bond acceptors (Lipinski definition) is 4. The maximum Gasteiger partial charge on any atom is 0.251 e. The Kier molecular flexibility index (Phi) is 3.06. The topological polar surface area (TPSA) is 59.6 Å². The predicted octanol–water partition coefficient (Wildman–Crippen LogP) is 0.897. The van der Waals surface area contributed by atoms with Crippen LogP contribution in [0.4, 0.5) is 0 Å². The Morgan fingerprint density at radius 1 is 1.39 bits per heavy atom. The first-order valence-electron chi connectivity index (χ1n) is 6.24. The van der Waals surface area contributed by atoms with Crippen LogP contribution in [-0.2, 0) is 0 Å². The van der Waals surface area contributed by atoms with E-state index in [0.717, 1.165) is 13.0 Å². The predicted molar refractivity (Wildman–Crippen MR) is 65.9 cm³/mol. The number of fused-ring (bicyclic) bond motifs is 1. The van der Waals surface area contributed by atoms with Gasteiger partial charge >= 0.3 is 0 Å². The molecule has 2 aliphatic rings. The van der Waals surface area contributed by atoms with Crippen molar-refractivity contribution in [2.45, 2.75) is 18.9 Å². The molecule has 5 heteroatoms. The van der Waals surface area contributed by atoms with Crippen molar-refractivity contribution in [2.24, 2.45) is 0 Å². The first kappa shape index (κ1) is 11.3. The number of amides is 1. The summed E-state index contributed by atoms with van der Waals surface area (Å²) in [7, 11) is 0. The van der Waals surface area contributed by atoms with E-state index in [2.05, 4.69) is 10.6 Å². The average molecular weight is 248 g/mol. The quantitative estimate of drug-likeness (QED) is 0.834. The third-order valence-electron chi connectivity index (χ3n) is 3.31. The number of rotatable bonds is 3. The summed E-state index contributed by atoms with van der Waals surface area (Å²) in [5.41, 5.74) is 0.609. The van der Waals surface area contributed by atoms with E-state index in [4.69, 9.17) is 9.47 Å². The van der Waals surface area contributed by atoms with E-state index >= 15 is 0 Å². The summed E-state index contributed by atoms with van der Waals surface area (Å²) < 4.78 is 10.5. The Labute approximate surface area is 105 Å². The van der Waals surface area contributed by atoms with Crippen LogP contribution in [0.3, 0.4) is 0 Å². The van der Waals surface area contributed by atoms with Crippen molar-refractivity contribution in [3.8, 4) is 11.5 Å². The van der Waals surface area contributed by atoms with Crippen molar-refractivity contribution in [3.05, 3.63) is 23.8 Å². The summed E-state index contributed by atoms with van der Waals surface area (Å²) in [5, 5.41) is 6.28. The maximum absolute atomic E-state index is 12.0. The number of benzene rings is 1. The third kappa shape index (κ3) is 2.26. The van der Waals surface area contributed by atoms with Crippen LogP contribution in [0, 0.1) is 0 Å². The molecule has 1 atom stereocenters. The van der Waals surface area contributed by atoms with E-state index in [9.17, 15) is 4.79 Å². The molecule has 1 aromatic carbocycles. The Balaban J connectivity index is 1.61. The van der Waals surface area contributed by atoms with Gasteiger partial charge in [-0.1, -0.05) is 0 Å². The summed E-state index contributed by atoms with van der Waals surface area (Å²) in [6.07, 6.45) is 2.31. The molecule has 0 aromatic heterocycles. The minimum atomic E-state index is -0.0676. The van der Waals surface area contributed by atoms with E-state index in [1.165, 1.54) is 6.42 Å². The minimum Gasteiger partial charge on any atom is -0.454 e. The molecule has 1 fully saturated rings. The largest absolute Gasteiger partial charge is 0.454 e. The van der Waals surface area contributed by atoms with Gasteiger partial charge in [-0.05, 0) is 37.6 Å². The van der Waals surface area contributed by atoms with Crippen LogP contribution < -0.4 is 20.1 Å². The number of carbonyl (C=O) groups is 1. The number of nitrogens with one attached hydrogen (secondary N) is 2. The van der Waals surface area contributed by atoms with Crippen molar-refractivity contribution in [1.29, 1.82) is 0 Å². The number of hydrogen-bond donors (Lipinski definition) is 2. The molecule has 1 unspecified atom stereocenters. The van der Waals surface area contributed by atoms with Gasteiger partial charge in [-0.15, -0.1) is 0 Å². The molecule has 96 valence electrons. The SMILES string of the molecule is O=C(NCC1CCCN1)c1ccc2c(c1)OCO2. The lowest BCUT2D eigenvalue weighted by molar-refractivity contribution is 0.0950. The molecule has 2 aliphatic heterocycles. The van der Waals surface area contributed by atoms with Crippen LogP contribution in [0.1, 0.15) is 23.2 Å². The van der Waals surface area contributed by atoms with Gasteiger partial charge in [-0.25, -0.2) is 0 Å².